The molecule has 0 aliphatic carbocycles. The molecule has 6 rings (SSSR count). The first-order valence-electron chi connectivity index (χ1n) is 14.3. The van der Waals surface area contributed by atoms with Gasteiger partial charge in [-0.25, -0.2) is 14.5 Å². The summed E-state index contributed by atoms with van der Waals surface area (Å²) in [4.78, 5) is 32.9. The van der Waals surface area contributed by atoms with Gasteiger partial charge in [-0.3, -0.25) is 9.36 Å². The zero-order valence-electron chi connectivity index (χ0n) is 25.3. The second kappa shape index (κ2) is 13.0. The summed E-state index contributed by atoms with van der Waals surface area (Å²) in [6, 6.07) is 19.3. The van der Waals surface area contributed by atoms with Gasteiger partial charge in [-0.1, -0.05) is 58.8 Å². The Bertz CT molecular complexity index is 2190. The average molecular weight is 676 g/mol. The van der Waals surface area contributed by atoms with Crippen molar-refractivity contribution in [3.05, 3.63) is 125 Å². The molecule has 0 radical (unpaired) electrons. The van der Waals surface area contributed by atoms with Crippen LogP contribution in [0.1, 0.15) is 31.0 Å². The molecule has 5 aromatic rings. The van der Waals surface area contributed by atoms with E-state index in [0.717, 1.165) is 11.3 Å². The minimum atomic E-state index is -0.885. The smallest absolute Gasteiger partial charge is 0.338 e. The Morgan fingerprint density at radius 1 is 1.02 bits per heavy atom. The first-order chi connectivity index (χ1) is 22.2. The second-order valence-electron chi connectivity index (χ2n) is 10.3. The lowest BCUT2D eigenvalue weighted by molar-refractivity contribution is -0.139. The zero-order valence-corrected chi connectivity index (χ0v) is 27.6. The number of carbonyl (C=O) groups excluding carboxylic acids is 1. The predicted octanol–water partition coefficient (Wildman–Crippen LogP) is 5.98. The Labute approximate surface area is 278 Å². The minimum absolute atomic E-state index is 0.158. The number of hydrogen-bond acceptors (Lipinski definition) is 8. The molecule has 1 atom stereocenters. The third kappa shape index (κ3) is 5.75. The Morgan fingerprint density at radius 3 is 2.50 bits per heavy atom. The van der Waals surface area contributed by atoms with Gasteiger partial charge in [0.15, 0.2) is 4.80 Å². The first-order valence-corrected chi connectivity index (χ1v) is 15.8. The summed E-state index contributed by atoms with van der Waals surface area (Å²) in [5.74, 6) is 0.442. The lowest BCUT2D eigenvalue weighted by Crippen LogP contribution is -2.40. The molecular weight excluding hydrogens is 647 g/mol. The maximum absolute atomic E-state index is 14.4. The number of methoxy groups -OCH3 is 2. The number of benzene rings is 3. The van der Waals surface area contributed by atoms with E-state index >= 15 is 0 Å². The van der Waals surface area contributed by atoms with Gasteiger partial charge in [0.25, 0.3) is 5.56 Å². The molecule has 0 bridgehead atoms. The third-order valence-corrected chi connectivity index (χ3v) is 9.21. The molecule has 9 nitrogen and oxygen atoms in total. The van der Waals surface area contributed by atoms with Crippen molar-refractivity contribution in [3.63, 3.8) is 0 Å². The molecule has 2 aromatic heterocycles. The van der Waals surface area contributed by atoms with E-state index < -0.39 is 12.0 Å². The molecule has 3 heterocycles. The van der Waals surface area contributed by atoms with Crippen molar-refractivity contribution in [2.45, 2.75) is 19.9 Å². The van der Waals surface area contributed by atoms with Gasteiger partial charge in [-0.05, 0) is 62.4 Å². The number of esters is 1. The molecule has 0 saturated heterocycles. The Hall–Kier alpha value is -4.64. The zero-order chi connectivity index (χ0) is 32.5. The van der Waals surface area contributed by atoms with Crippen LogP contribution in [0, 0.1) is 0 Å². The summed E-state index contributed by atoms with van der Waals surface area (Å²) >= 11 is 13.8. The molecule has 0 N–H and O–H groups in total. The number of thiazole rings is 1. The monoisotopic (exact) mass is 674 g/mol. The van der Waals surface area contributed by atoms with Gasteiger partial charge in [0.05, 0.1) is 52.4 Å². The standard InChI is InChI=1S/C34H28Cl2N4O5S/c1-5-45-33(42)29-19(2)37-34-40(31(29)24-17-23(43-3)12-14-27(24)44-4)32(41)28(46-34)16-21-18-39(22-9-7-6-8-10-22)38-30(21)20-11-13-25(35)26(36)15-20/h6-18,31H,5H2,1-4H3. The molecule has 234 valence electrons. The van der Waals surface area contributed by atoms with E-state index in [1.807, 2.05) is 42.6 Å². The second-order valence-corrected chi connectivity index (χ2v) is 12.1. The highest BCUT2D eigenvalue weighted by Gasteiger charge is 2.35. The number of para-hydroxylation sites is 1. The molecule has 3 aromatic carbocycles. The fourth-order valence-corrected chi connectivity index (χ4v) is 6.69. The van der Waals surface area contributed by atoms with E-state index in [1.165, 1.54) is 23.0 Å². The molecule has 0 fully saturated rings. The number of halogens is 2. The van der Waals surface area contributed by atoms with Gasteiger partial charge in [-0.15, -0.1) is 0 Å². The molecular formula is C34H28Cl2N4O5S. The Morgan fingerprint density at radius 2 is 1.80 bits per heavy atom. The van der Waals surface area contributed by atoms with Gasteiger partial charge in [0.2, 0.25) is 0 Å². The normalized spacial score (nSPS) is 14.6. The molecule has 0 spiro atoms. The van der Waals surface area contributed by atoms with Crippen molar-refractivity contribution in [2.24, 2.45) is 4.99 Å². The van der Waals surface area contributed by atoms with Crippen LogP contribution in [0.4, 0.5) is 0 Å². The number of carbonyl (C=O) groups is 1. The van der Waals surface area contributed by atoms with Crippen LogP contribution in [0.15, 0.2) is 94.0 Å². The molecule has 1 aliphatic heterocycles. The summed E-state index contributed by atoms with van der Waals surface area (Å²) in [6.45, 7) is 3.62. The maximum atomic E-state index is 14.4. The van der Waals surface area contributed by atoms with E-state index in [0.29, 0.717) is 53.4 Å². The largest absolute Gasteiger partial charge is 0.497 e. The van der Waals surface area contributed by atoms with Crippen molar-refractivity contribution in [2.75, 3.05) is 20.8 Å². The lowest BCUT2D eigenvalue weighted by atomic mass is 9.94. The summed E-state index contributed by atoms with van der Waals surface area (Å²) in [5, 5.41) is 5.66. The quantitative estimate of drug-likeness (QED) is 0.188. The van der Waals surface area contributed by atoms with Gasteiger partial charge < -0.3 is 14.2 Å². The minimum Gasteiger partial charge on any atom is -0.497 e. The van der Waals surface area contributed by atoms with E-state index in [9.17, 15) is 9.59 Å². The van der Waals surface area contributed by atoms with Crippen LogP contribution in [-0.4, -0.2) is 41.1 Å². The number of ether oxygens (including phenoxy) is 3. The van der Waals surface area contributed by atoms with Crippen molar-refractivity contribution < 1.29 is 19.0 Å². The predicted molar refractivity (Wildman–Crippen MR) is 179 cm³/mol. The molecule has 0 saturated carbocycles. The highest BCUT2D eigenvalue weighted by Crippen LogP contribution is 2.38. The summed E-state index contributed by atoms with van der Waals surface area (Å²) in [7, 11) is 3.08. The molecule has 46 heavy (non-hydrogen) atoms. The number of fused-ring (bicyclic) bond motifs is 1. The average Bonchev–Trinajstić information content (AvgIpc) is 3.62. The van der Waals surface area contributed by atoms with E-state index in [-0.39, 0.29) is 17.7 Å². The van der Waals surface area contributed by atoms with Gasteiger partial charge >= 0.3 is 5.97 Å². The van der Waals surface area contributed by atoms with Crippen molar-refractivity contribution in [3.8, 4) is 28.4 Å². The molecule has 1 aliphatic rings. The van der Waals surface area contributed by atoms with Crippen LogP contribution < -0.4 is 24.4 Å². The van der Waals surface area contributed by atoms with E-state index in [1.54, 1.807) is 62.0 Å². The van der Waals surface area contributed by atoms with Crippen LogP contribution in [-0.2, 0) is 9.53 Å². The SMILES string of the molecule is CCOC(=O)C1=C(C)N=c2sc(=Cc3cn(-c4ccccc4)nc3-c3ccc(Cl)c(Cl)c3)c(=O)n2C1c1cc(OC)ccc1OC. The molecule has 12 heteroatoms. The Balaban J connectivity index is 1.60. The highest BCUT2D eigenvalue weighted by atomic mass is 35.5. The molecule has 0 amide bonds. The van der Waals surface area contributed by atoms with Gasteiger partial charge in [0.1, 0.15) is 23.2 Å². The van der Waals surface area contributed by atoms with Crippen LogP contribution in [0.3, 0.4) is 0 Å². The Kier molecular flexibility index (Phi) is 8.86. The van der Waals surface area contributed by atoms with Gasteiger partial charge in [0, 0.05) is 22.9 Å². The lowest BCUT2D eigenvalue weighted by Gasteiger charge is -2.26. The fraction of sp³-hybridized carbons (Fsp3) is 0.176. The topological polar surface area (TPSA) is 96.9 Å². The van der Waals surface area contributed by atoms with Crippen LogP contribution in [0.5, 0.6) is 11.5 Å². The van der Waals surface area contributed by atoms with Crippen LogP contribution in [0.2, 0.25) is 10.0 Å². The van der Waals surface area contributed by atoms with Gasteiger partial charge in [-0.2, -0.15) is 5.10 Å². The number of rotatable bonds is 8. The van der Waals surface area contributed by atoms with Crippen LogP contribution in [0.25, 0.3) is 23.0 Å². The van der Waals surface area contributed by atoms with E-state index in [2.05, 4.69) is 0 Å². The highest BCUT2D eigenvalue weighted by molar-refractivity contribution is 7.07. The fourth-order valence-electron chi connectivity index (χ4n) is 5.35. The summed E-state index contributed by atoms with van der Waals surface area (Å²) in [6.07, 6.45) is 3.63. The maximum Gasteiger partial charge on any atom is 0.338 e. The number of nitrogens with zero attached hydrogens (tertiary/aromatic N) is 4. The van der Waals surface area contributed by atoms with Crippen molar-refractivity contribution in [1.82, 2.24) is 14.3 Å². The van der Waals surface area contributed by atoms with E-state index in [4.69, 9.17) is 47.5 Å². The third-order valence-electron chi connectivity index (χ3n) is 7.49. The summed E-state index contributed by atoms with van der Waals surface area (Å²) < 4.78 is 20.3. The van der Waals surface area contributed by atoms with Crippen molar-refractivity contribution >= 4 is 46.6 Å². The summed E-state index contributed by atoms with van der Waals surface area (Å²) in [5.41, 5.74) is 3.72. The van der Waals surface area contributed by atoms with Crippen LogP contribution >= 0.6 is 34.5 Å². The van der Waals surface area contributed by atoms with Crippen molar-refractivity contribution in [1.29, 1.82) is 0 Å². The molecule has 1 unspecified atom stereocenters. The number of hydrogen-bond donors (Lipinski definition) is 0. The number of allylic oxidation sites excluding steroid dienone is 1. The number of aromatic nitrogens is 3. The first kappa shape index (κ1) is 31.3.